The van der Waals surface area contributed by atoms with Gasteiger partial charge in [0.15, 0.2) is 0 Å². The number of nitro groups is 1. The highest BCUT2D eigenvalue weighted by atomic mass is 16.6. The van der Waals surface area contributed by atoms with Crippen LogP contribution in [0.25, 0.3) is 17.0 Å². The Hall–Kier alpha value is -4.71. The zero-order valence-electron chi connectivity index (χ0n) is 18.3. The van der Waals surface area contributed by atoms with Crippen molar-refractivity contribution < 1.29 is 19.2 Å². The van der Waals surface area contributed by atoms with E-state index in [2.05, 4.69) is 20.4 Å². The first-order valence-electron chi connectivity index (χ1n) is 10.7. The van der Waals surface area contributed by atoms with Crippen LogP contribution < -0.4 is 5.32 Å². The van der Waals surface area contributed by atoms with Crippen LogP contribution in [-0.2, 0) is 4.74 Å². The summed E-state index contributed by atoms with van der Waals surface area (Å²) in [5.41, 5.74) is 1.84. The van der Waals surface area contributed by atoms with Crippen LogP contribution in [0.4, 0.5) is 11.4 Å². The SMILES string of the molecule is O=C(Nc1ccc(C(=O)N2CCOCC2)cc1)c1cc(-c2cccc([N+](=O)[O-])c2)nc2ncnn12. The van der Waals surface area contributed by atoms with Crippen LogP contribution in [0.3, 0.4) is 0 Å². The number of nitrogens with zero attached hydrogens (tertiary/aromatic N) is 6. The predicted octanol–water partition coefficient (Wildman–Crippen LogP) is 2.42. The molecular formula is C23H19N7O5. The molecule has 1 fully saturated rings. The molecule has 0 aliphatic carbocycles. The number of rotatable bonds is 5. The highest BCUT2D eigenvalue weighted by molar-refractivity contribution is 6.04. The van der Waals surface area contributed by atoms with Crippen molar-refractivity contribution in [2.24, 2.45) is 0 Å². The van der Waals surface area contributed by atoms with Crippen LogP contribution in [0.15, 0.2) is 60.9 Å². The first-order valence-corrected chi connectivity index (χ1v) is 10.7. The Morgan fingerprint density at radius 3 is 2.57 bits per heavy atom. The third-order valence-corrected chi connectivity index (χ3v) is 5.53. The minimum atomic E-state index is -0.500. The number of carbonyl (C=O) groups is 2. The summed E-state index contributed by atoms with van der Waals surface area (Å²) in [6, 6.07) is 14.0. The number of hydrogen-bond donors (Lipinski definition) is 1. The molecule has 4 aromatic rings. The third kappa shape index (κ3) is 4.54. The number of ether oxygens (including phenoxy) is 1. The Bertz CT molecular complexity index is 1430. The first kappa shape index (κ1) is 22.1. The summed E-state index contributed by atoms with van der Waals surface area (Å²) in [5.74, 6) is -0.404. The molecule has 12 nitrogen and oxygen atoms in total. The van der Waals surface area contributed by atoms with E-state index in [9.17, 15) is 19.7 Å². The second-order valence-corrected chi connectivity index (χ2v) is 7.74. The molecule has 2 amide bonds. The number of nitro benzene ring substituents is 1. The molecule has 5 rings (SSSR count). The molecule has 0 radical (unpaired) electrons. The van der Waals surface area contributed by atoms with E-state index in [1.54, 1.807) is 41.3 Å². The maximum absolute atomic E-state index is 13.1. The molecule has 1 N–H and O–H groups in total. The quantitative estimate of drug-likeness (QED) is 0.344. The summed E-state index contributed by atoms with van der Waals surface area (Å²) in [7, 11) is 0. The molecule has 0 unspecified atom stereocenters. The van der Waals surface area contributed by atoms with Gasteiger partial charge in [-0.2, -0.15) is 14.6 Å². The number of hydrogen-bond acceptors (Lipinski definition) is 8. The topological polar surface area (TPSA) is 145 Å². The van der Waals surface area contributed by atoms with Crippen LogP contribution in [0.2, 0.25) is 0 Å². The van der Waals surface area contributed by atoms with Gasteiger partial charge in [0, 0.05) is 42.0 Å². The molecular weight excluding hydrogens is 454 g/mol. The van der Waals surface area contributed by atoms with E-state index in [-0.39, 0.29) is 23.1 Å². The molecule has 0 saturated carbocycles. The van der Waals surface area contributed by atoms with Crippen LogP contribution in [0.5, 0.6) is 0 Å². The Kier molecular flexibility index (Phi) is 5.85. The van der Waals surface area contributed by atoms with Crippen molar-refractivity contribution in [3.8, 4) is 11.3 Å². The number of fused-ring (bicyclic) bond motifs is 1. The fourth-order valence-corrected chi connectivity index (χ4v) is 3.74. The van der Waals surface area contributed by atoms with E-state index in [0.29, 0.717) is 48.8 Å². The van der Waals surface area contributed by atoms with Gasteiger partial charge in [-0.1, -0.05) is 12.1 Å². The Morgan fingerprint density at radius 1 is 1.06 bits per heavy atom. The summed E-state index contributed by atoms with van der Waals surface area (Å²) < 4.78 is 6.57. The lowest BCUT2D eigenvalue weighted by Crippen LogP contribution is -2.40. The van der Waals surface area contributed by atoms with Crippen molar-refractivity contribution in [1.29, 1.82) is 0 Å². The second-order valence-electron chi connectivity index (χ2n) is 7.74. The van der Waals surface area contributed by atoms with Crippen molar-refractivity contribution in [1.82, 2.24) is 24.5 Å². The third-order valence-electron chi connectivity index (χ3n) is 5.53. The van der Waals surface area contributed by atoms with E-state index >= 15 is 0 Å². The van der Waals surface area contributed by atoms with Crippen LogP contribution in [0.1, 0.15) is 20.8 Å². The van der Waals surface area contributed by atoms with Gasteiger partial charge in [-0.05, 0) is 30.3 Å². The van der Waals surface area contributed by atoms with E-state index in [4.69, 9.17) is 4.74 Å². The Morgan fingerprint density at radius 2 is 1.83 bits per heavy atom. The number of aromatic nitrogens is 4. The molecule has 3 heterocycles. The van der Waals surface area contributed by atoms with E-state index in [0.717, 1.165) is 0 Å². The molecule has 1 aliphatic heterocycles. The standard InChI is InChI=1S/C23H19N7O5/c31-21(26-17-6-4-15(5-7-17)22(32)28-8-10-35-11-9-28)20-13-19(27-23-24-14-25-29(20)23)16-2-1-3-18(12-16)30(33)34/h1-7,12-14H,8-11H2,(H,26,31). The number of benzene rings is 2. The molecule has 2 aromatic carbocycles. The summed E-state index contributed by atoms with van der Waals surface area (Å²) in [6.45, 7) is 2.11. The summed E-state index contributed by atoms with van der Waals surface area (Å²) in [5, 5.41) is 18.0. The molecule has 1 saturated heterocycles. The smallest absolute Gasteiger partial charge is 0.274 e. The van der Waals surface area contributed by atoms with Crippen LogP contribution in [0, 0.1) is 10.1 Å². The fraction of sp³-hybridized carbons (Fsp3) is 0.174. The van der Waals surface area contributed by atoms with Gasteiger partial charge in [-0.15, -0.1) is 0 Å². The van der Waals surface area contributed by atoms with Gasteiger partial charge in [0.2, 0.25) is 0 Å². The Labute approximate surface area is 198 Å². The molecule has 0 spiro atoms. The highest BCUT2D eigenvalue weighted by Crippen LogP contribution is 2.24. The number of amides is 2. The maximum atomic E-state index is 13.1. The molecule has 2 aromatic heterocycles. The average molecular weight is 473 g/mol. The van der Waals surface area contributed by atoms with Gasteiger partial charge in [0.05, 0.1) is 23.8 Å². The summed E-state index contributed by atoms with van der Waals surface area (Å²) in [6.07, 6.45) is 1.27. The van der Waals surface area contributed by atoms with Gasteiger partial charge in [0.25, 0.3) is 23.3 Å². The zero-order chi connectivity index (χ0) is 24.4. The van der Waals surface area contributed by atoms with Gasteiger partial charge in [-0.3, -0.25) is 19.7 Å². The van der Waals surface area contributed by atoms with Gasteiger partial charge in [-0.25, -0.2) is 4.98 Å². The number of morpholine rings is 1. The predicted molar refractivity (Wildman–Crippen MR) is 124 cm³/mol. The maximum Gasteiger partial charge on any atom is 0.274 e. The largest absolute Gasteiger partial charge is 0.378 e. The van der Waals surface area contributed by atoms with Crippen LogP contribution >= 0.6 is 0 Å². The normalized spacial score (nSPS) is 13.5. The van der Waals surface area contributed by atoms with Crippen LogP contribution in [-0.4, -0.2) is 67.5 Å². The molecule has 0 atom stereocenters. The van der Waals surface area contributed by atoms with Crippen molar-refractivity contribution in [2.75, 3.05) is 31.6 Å². The molecule has 35 heavy (non-hydrogen) atoms. The van der Waals surface area contributed by atoms with Crippen molar-refractivity contribution >= 4 is 29.0 Å². The highest BCUT2D eigenvalue weighted by Gasteiger charge is 2.20. The minimum Gasteiger partial charge on any atom is -0.378 e. The van der Waals surface area contributed by atoms with E-state index in [1.165, 1.54) is 29.0 Å². The Balaban J connectivity index is 1.40. The van der Waals surface area contributed by atoms with E-state index < -0.39 is 10.8 Å². The van der Waals surface area contributed by atoms with Gasteiger partial charge >= 0.3 is 0 Å². The number of nitrogens with one attached hydrogen (secondary N) is 1. The van der Waals surface area contributed by atoms with Crippen molar-refractivity contribution in [2.45, 2.75) is 0 Å². The molecule has 1 aliphatic rings. The van der Waals surface area contributed by atoms with Gasteiger partial charge < -0.3 is 15.0 Å². The monoisotopic (exact) mass is 473 g/mol. The number of anilines is 1. The van der Waals surface area contributed by atoms with Gasteiger partial charge in [0.1, 0.15) is 12.0 Å². The fourth-order valence-electron chi connectivity index (χ4n) is 3.74. The van der Waals surface area contributed by atoms with E-state index in [1.807, 2.05) is 0 Å². The average Bonchev–Trinajstić information content (AvgIpc) is 3.37. The number of carbonyl (C=O) groups excluding carboxylic acids is 2. The summed E-state index contributed by atoms with van der Waals surface area (Å²) in [4.78, 5) is 46.6. The summed E-state index contributed by atoms with van der Waals surface area (Å²) >= 11 is 0. The second kappa shape index (κ2) is 9.27. The number of non-ortho nitro benzene ring substituents is 1. The molecule has 176 valence electrons. The molecule has 12 heteroatoms. The van der Waals surface area contributed by atoms with Crippen molar-refractivity contribution in [3.63, 3.8) is 0 Å². The lowest BCUT2D eigenvalue weighted by molar-refractivity contribution is -0.384. The minimum absolute atomic E-state index is 0.0915. The molecule has 0 bridgehead atoms. The first-order chi connectivity index (χ1) is 17.0. The lowest BCUT2D eigenvalue weighted by atomic mass is 10.1. The van der Waals surface area contributed by atoms with Crippen molar-refractivity contribution in [3.05, 3.63) is 82.3 Å². The zero-order valence-corrected chi connectivity index (χ0v) is 18.3. The lowest BCUT2D eigenvalue weighted by Gasteiger charge is -2.26.